The fraction of sp³-hybridized carbons (Fsp3) is 0.500. The lowest BCUT2D eigenvalue weighted by Gasteiger charge is -2.20. The summed E-state index contributed by atoms with van der Waals surface area (Å²) in [4.78, 5) is 37.9. The molecule has 3 rings (SSSR count). The summed E-state index contributed by atoms with van der Waals surface area (Å²) in [5, 5.41) is 2.78. The molecule has 2 unspecified atom stereocenters. The third-order valence-electron chi connectivity index (χ3n) is 4.58. The number of likely N-dealkylation sites (tertiary alicyclic amines) is 1. The summed E-state index contributed by atoms with van der Waals surface area (Å²) in [5.74, 6) is -1.09. The summed E-state index contributed by atoms with van der Waals surface area (Å²) in [6, 6.07) is 6.55. The number of benzene rings is 1. The second-order valence-corrected chi connectivity index (χ2v) is 6.40. The molecule has 1 aromatic carbocycles. The normalized spacial score (nSPS) is 22.9. The van der Waals surface area contributed by atoms with E-state index in [1.807, 2.05) is 0 Å². The third-order valence-corrected chi connectivity index (χ3v) is 4.58. The highest BCUT2D eigenvalue weighted by atomic mass is 16.5. The molecule has 0 radical (unpaired) electrons. The topological polar surface area (TPSA) is 84.9 Å². The van der Waals surface area contributed by atoms with Gasteiger partial charge >= 0.3 is 5.97 Å². The standard InChI is InChI=1S/C18H22N2O5/c1-24-18(23)12-4-2-5-14(8-12)19-17(22)13-9-16(21)20(10-13)11-15-6-3-7-25-15/h2,4-5,8,13,15H,3,6-7,9-11H2,1H3,(H,19,22). The molecule has 7 heteroatoms. The van der Waals surface area contributed by atoms with Crippen molar-refractivity contribution in [1.29, 1.82) is 0 Å². The third kappa shape index (κ3) is 4.17. The summed E-state index contributed by atoms with van der Waals surface area (Å²) in [5.41, 5.74) is 0.876. The van der Waals surface area contributed by atoms with Gasteiger partial charge in [-0.25, -0.2) is 4.79 Å². The zero-order chi connectivity index (χ0) is 17.8. The Morgan fingerprint density at radius 3 is 2.96 bits per heavy atom. The number of methoxy groups -OCH3 is 1. The fourth-order valence-electron chi connectivity index (χ4n) is 3.24. The highest BCUT2D eigenvalue weighted by Crippen LogP contribution is 2.23. The number of rotatable bonds is 5. The Hall–Kier alpha value is -2.41. The first-order valence-electron chi connectivity index (χ1n) is 8.45. The van der Waals surface area contributed by atoms with Crippen LogP contribution in [0.5, 0.6) is 0 Å². The van der Waals surface area contributed by atoms with E-state index >= 15 is 0 Å². The molecule has 0 aliphatic carbocycles. The minimum Gasteiger partial charge on any atom is -0.465 e. The van der Waals surface area contributed by atoms with Crippen molar-refractivity contribution < 1.29 is 23.9 Å². The van der Waals surface area contributed by atoms with Crippen molar-refractivity contribution in [3.63, 3.8) is 0 Å². The van der Waals surface area contributed by atoms with Crippen LogP contribution in [0.3, 0.4) is 0 Å². The van der Waals surface area contributed by atoms with E-state index in [0.717, 1.165) is 19.4 Å². The van der Waals surface area contributed by atoms with Gasteiger partial charge in [-0.3, -0.25) is 9.59 Å². The van der Waals surface area contributed by atoms with E-state index in [1.54, 1.807) is 29.2 Å². The first-order chi connectivity index (χ1) is 12.1. The van der Waals surface area contributed by atoms with Crippen LogP contribution in [0.2, 0.25) is 0 Å². The van der Waals surface area contributed by atoms with Gasteiger partial charge in [0.1, 0.15) is 0 Å². The first-order valence-corrected chi connectivity index (χ1v) is 8.45. The fourth-order valence-corrected chi connectivity index (χ4v) is 3.24. The number of esters is 1. The van der Waals surface area contributed by atoms with E-state index < -0.39 is 11.9 Å². The van der Waals surface area contributed by atoms with Crippen LogP contribution in [0, 0.1) is 5.92 Å². The summed E-state index contributed by atoms with van der Waals surface area (Å²) in [6.45, 7) is 1.70. The Bertz CT molecular complexity index is 669. The van der Waals surface area contributed by atoms with Crippen LogP contribution in [0.25, 0.3) is 0 Å². The molecule has 2 aliphatic heterocycles. The molecule has 0 bridgehead atoms. The monoisotopic (exact) mass is 346 g/mol. The molecule has 2 fully saturated rings. The number of hydrogen-bond acceptors (Lipinski definition) is 5. The lowest BCUT2D eigenvalue weighted by atomic mass is 10.1. The van der Waals surface area contributed by atoms with Crippen molar-refractivity contribution >= 4 is 23.5 Å². The zero-order valence-electron chi connectivity index (χ0n) is 14.2. The quantitative estimate of drug-likeness (QED) is 0.816. The molecule has 2 atom stereocenters. The Morgan fingerprint density at radius 2 is 2.24 bits per heavy atom. The average Bonchev–Trinajstić information content (AvgIpc) is 3.25. The molecule has 1 aromatic rings. The number of carbonyl (C=O) groups is 3. The minimum absolute atomic E-state index is 0.0149. The number of carbonyl (C=O) groups excluding carboxylic acids is 3. The molecule has 2 amide bonds. The molecule has 2 aliphatic rings. The highest BCUT2D eigenvalue weighted by Gasteiger charge is 2.36. The Labute approximate surface area is 146 Å². The second-order valence-electron chi connectivity index (χ2n) is 6.40. The molecule has 2 heterocycles. The second kappa shape index (κ2) is 7.65. The van der Waals surface area contributed by atoms with Gasteiger partial charge in [-0.15, -0.1) is 0 Å². The maximum atomic E-state index is 12.5. The predicted octanol–water partition coefficient (Wildman–Crippen LogP) is 1.44. The Balaban J connectivity index is 1.58. The van der Waals surface area contributed by atoms with E-state index in [9.17, 15) is 14.4 Å². The average molecular weight is 346 g/mol. The molecular weight excluding hydrogens is 324 g/mol. The molecule has 25 heavy (non-hydrogen) atoms. The number of nitrogens with zero attached hydrogens (tertiary/aromatic N) is 1. The van der Waals surface area contributed by atoms with Gasteiger partial charge in [-0.2, -0.15) is 0 Å². The van der Waals surface area contributed by atoms with Crippen LogP contribution in [0.15, 0.2) is 24.3 Å². The van der Waals surface area contributed by atoms with Crippen molar-refractivity contribution in [3.8, 4) is 0 Å². The number of amides is 2. The smallest absolute Gasteiger partial charge is 0.337 e. The van der Waals surface area contributed by atoms with Crippen LogP contribution < -0.4 is 5.32 Å². The van der Waals surface area contributed by atoms with Gasteiger partial charge in [0.2, 0.25) is 11.8 Å². The van der Waals surface area contributed by atoms with Crippen LogP contribution in [0.1, 0.15) is 29.6 Å². The van der Waals surface area contributed by atoms with Gasteiger partial charge in [0.05, 0.1) is 24.7 Å². The SMILES string of the molecule is COC(=O)c1cccc(NC(=O)C2CC(=O)N(CC3CCCO3)C2)c1. The molecule has 0 saturated carbocycles. The molecule has 0 spiro atoms. The molecular formula is C18H22N2O5. The van der Waals surface area contributed by atoms with Crippen molar-refractivity contribution in [3.05, 3.63) is 29.8 Å². The van der Waals surface area contributed by atoms with E-state index in [2.05, 4.69) is 10.1 Å². The van der Waals surface area contributed by atoms with Gasteiger partial charge in [-0.1, -0.05) is 6.07 Å². The van der Waals surface area contributed by atoms with Crippen LogP contribution >= 0.6 is 0 Å². The lowest BCUT2D eigenvalue weighted by molar-refractivity contribution is -0.129. The van der Waals surface area contributed by atoms with Crippen molar-refractivity contribution in [1.82, 2.24) is 4.90 Å². The number of ether oxygens (including phenoxy) is 2. The van der Waals surface area contributed by atoms with Gasteiger partial charge < -0.3 is 19.7 Å². The molecule has 2 saturated heterocycles. The number of anilines is 1. The van der Waals surface area contributed by atoms with Gasteiger partial charge in [0.25, 0.3) is 0 Å². The van der Waals surface area contributed by atoms with Crippen LogP contribution in [-0.4, -0.2) is 55.6 Å². The van der Waals surface area contributed by atoms with Gasteiger partial charge in [0, 0.05) is 31.8 Å². The van der Waals surface area contributed by atoms with Crippen molar-refractivity contribution in [2.24, 2.45) is 5.92 Å². The van der Waals surface area contributed by atoms with E-state index in [-0.39, 0.29) is 24.3 Å². The van der Waals surface area contributed by atoms with Crippen molar-refractivity contribution in [2.75, 3.05) is 32.1 Å². The molecule has 1 N–H and O–H groups in total. The first kappa shape index (κ1) is 17.4. The summed E-state index contributed by atoms with van der Waals surface area (Å²) in [7, 11) is 1.31. The number of hydrogen-bond donors (Lipinski definition) is 1. The van der Waals surface area contributed by atoms with Gasteiger partial charge in [0.15, 0.2) is 0 Å². The Morgan fingerprint density at radius 1 is 1.40 bits per heavy atom. The molecule has 0 aromatic heterocycles. The number of nitrogens with one attached hydrogen (secondary N) is 1. The van der Waals surface area contributed by atoms with Crippen molar-refractivity contribution in [2.45, 2.75) is 25.4 Å². The van der Waals surface area contributed by atoms with E-state index in [4.69, 9.17) is 4.74 Å². The zero-order valence-corrected chi connectivity index (χ0v) is 14.2. The van der Waals surface area contributed by atoms with Gasteiger partial charge in [-0.05, 0) is 31.0 Å². The summed E-state index contributed by atoms with van der Waals surface area (Å²) >= 11 is 0. The van der Waals surface area contributed by atoms with Crippen LogP contribution in [0.4, 0.5) is 5.69 Å². The minimum atomic E-state index is -0.463. The Kier molecular flexibility index (Phi) is 5.33. The maximum Gasteiger partial charge on any atom is 0.337 e. The predicted molar refractivity (Wildman–Crippen MR) is 90.1 cm³/mol. The lowest BCUT2D eigenvalue weighted by Crippen LogP contribution is -2.34. The molecule has 7 nitrogen and oxygen atoms in total. The summed E-state index contributed by atoms with van der Waals surface area (Å²) < 4.78 is 10.2. The van der Waals surface area contributed by atoms with Crippen LogP contribution in [-0.2, 0) is 19.1 Å². The van der Waals surface area contributed by atoms with E-state index in [0.29, 0.717) is 24.3 Å². The summed E-state index contributed by atoms with van der Waals surface area (Å²) in [6.07, 6.45) is 2.27. The molecule has 134 valence electrons. The highest BCUT2D eigenvalue weighted by molar-refractivity contribution is 5.98. The largest absolute Gasteiger partial charge is 0.465 e. The maximum absolute atomic E-state index is 12.5. The van der Waals surface area contributed by atoms with E-state index in [1.165, 1.54) is 7.11 Å².